The number of esters is 1. The van der Waals surface area contributed by atoms with Gasteiger partial charge < -0.3 is 10.5 Å². The molecule has 0 saturated heterocycles. The Hall–Kier alpha value is -1.08. The summed E-state index contributed by atoms with van der Waals surface area (Å²) in [7, 11) is 0. The highest BCUT2D eigenvalue weighted by atomic mass is 79.9. The van der Waals surface area contributed by atoms with Crippen molar-refractivity contribution in [2.24, 2.45) is 5.73 Å². The Kier molecular flexibility index (Phi) is 5.61. The lowest BCUT2D eigenvalue weighted by molar-refractivity contribution is -0.142. The van der Waals surface area contributed by atoms with Crippen molar-refractivity contribution in [3.05, 3.63) is 27.5 Å². The Balaban J connectivity index is 3.16. The molecule has 0 aliphatic carbocycles. The van der Waals surface area contributed by atoms with Crippen LogP contribution in [0.15, 0.2) is 10.7 Å². The third-order valence-electron chi connectivity index (χ3n) is 2.27. The second-order valence-electron chi connectivity index (χ2n) is 3.45. The summed E-state index contributed by atoms with van der Waals surface area (Å²) in [5.41, 5.74) is 5.63. The lowest BCUT2D eigenvalue weighted by Gasteiger charge is -2.13. The summed E-state index contributed by atoms with van der Waals surface area (Å²) in [5, 5.41) is 0. The lowest BCUT2D eigenvalue weighted by Crippen LogP contribution is -2.15. The van der Waals surface area contributed by atoms with E-state index in [9.17, 15) is 13.6 Å². The molecule has 2 N–H and O–H groups in total. The third-order valence-corrected chi connectivity index (χ3v) is 2.67. The highest BCUT2D eigenvalue weighted by Gasteiger charge is 2.20. The van der Waals surface area contributed by atoms with Gasteiger partial charge in [0.05, 0.1) is 18.7 Å². The molecule has 0 aliphatic heterocycles. The smallest absolute Gasteiger partial charge is 0.310 e. The van der Waals surface area contributed by atoms with Gasteiger partial charge in [-0.2, -0.15) is 0 Å². The van der Waals surface area contributed by atoms with Gasteiger partial charge in [-0.15, -0.1) is 0 Å². The minimum Gasteiger partial charge on any atom is -0.466 e. The van der Waals surface area contributed by atoms with E-state index in [1.54, 1.807) is 6.92 Å². The molecule has 18 heavy (non-hydrogen) atoms. The standard InChI is InChI=1S/C11H13BrF2N2O2/c1-2-18-10(17)4-6-7(11(13)14)3-9(12)16-8(6)5-15/h3,11H,2,4-5,15H2,1H3. The topological polar surface area (TPSA) is 65.2 Å². The van der Waals surface area contributed by atoms with E-state index < -0.39 is 12.4 Å². The SMILES string of the molecule is CCOC(=O)Cc1c(C(F)F)cc(Br)nc1CN. The quantitative estimate of drug-likeness (QED) is 0.667. The summed E-state index contributed by atoms with van der Waals surface area (Å²) in [4.78, 5) is 15.4. The zero-order valence-corrected chi connectivity index (χ0v) is 11.3. The molecule has 1 heterocycles. The van der Waals surface area contributed by atoms with Crippen molar-refractivity contribution >= 4 is 21.9 Å². The minimum atomic E-state index is -2.70. The van der Waals surface area contributed by atoms with Crippen molar-refractivity contribution in [3.8, 4) is 0 Å². The second kappa shape index (κ2) is 6.75. The van der Waals surface area contributed by atoms with E-state index in [1.807, 2.05) is 0 Å². The maximum absolute atomic E-state index is 12.9. The number of hydrogen-bond acceptors (Lipinski definition) is 4. The van der Waals surface area contributed by atoms with Gasteiger partial charge >= 0.3 is 5.97 Å². The van der Waals surface area contributed by atoms with Crippen LogP contribution in [0.3, 0.4) is 0 Å². The fourth-order valence-electron chi connectivity index (χ4n) is 1.53. The van der Waals surface area contributed by atoms with Gasteiger partial charge in [-0.3, -0.25) is 4.79 Å². The Morgan fingerprint density at radius 1 is 1.61 bits per heavy atom. The Bertz CT molecular complexity index is 441. The number of carbonyl (C=O) groups excluding carboxylic acids is 1. The van der Waals surface area contributed by atoms with Crippen molar-refractivity contribution in [2.45, 2.75) is 26.3 Å². The van der Waals surface area contributed by atoms with Crippen LogP contribution in [-0.2, 0) is 22.5 Å². The van der Waals surface area contributed by atoms with Gasteiger partial charge in [0, 0.05) is 12.1 Å². The van der Waals surface area contributed by atoms with Gasteiger partial charge in [0.1, 0.15) is 4.60 Å². The number of nitrogens with zero attached hydrogens (tertiary/aromatic N) is 1. The van der Waals surface area contributed by atoms with Crippen molar-refractivity contribution in [3.63, 3.8) is 0 Å². The number of rotatable bonds is 5. The molecule has 0 fully saturated rings. The monoisotopic (exact) mass is 322 g/mol. The van der Waals surface area contributed by atoms with Crippen LogP contribution in [0.5, 0.6) is 0 Å². The predicted molar refractivity (Wildman–Crippen MR) is 65.1 cm³/mol. The molecule has 0 radical (unpaired) electrons. The first-order valence-corrected chi connectivity index (χ1v) is 6.10. The van der Waals surface area contributed by atoms with Crippen LogP contribution in [0.1, 0.15) is 30.2 Å². The molecular weight excluding hydrogens is 310 g/mol. The number of carbonyl (C=O) groups is 1. The van der Waals surface area contributed by atoms with Crippen LogP contribution in [0.4, 0.5) is 8.78 Å². The van der Waals surface area contributed by atoms with Gasteiger partial charge in [-0.05, 0) is 34.5 Å². The fourth-order valence-corrected chi connectivity index (χ4v) is 2.00. The zero-order valence-electron chi connectivity index (χ0n) is 9.75. The molecule has 0 atom stereocenters. The molecule has 0 saturated carbocycles. The van der Waals surface area contributed by atoms with E-state index in [2.05, 4.69) is 20.9 Å². The molecule has 0 amide bonds. The second-order valence-corrected chi connectivity index (χ2v) is 4.26. The van der Waals surface area contributed by atoms with Gasteiger partial charge in [0.15, 0.2) is 0 Å². The van der Waals surface area contributed by atoms with E-state index in [4.69, 9.17) is 10.5 Å². The first-order valence-electron chi connectivity index (χ1n) is 5.31. The maximum Gasteiger partial charge on any atom is 0.310 e. The van der Waals surface area contributed by atoms with Crippen molar-refractivity contribution in [2.75, 3.05) is 6.61 Å². The van der Waals surface area contributed by atoms with E-state index >= 15 is 0 Å². The predicted octanol–water partition coefficient (Wildman–Crippen LogP) is 2.35. The Morgan fingerprint density at radius 2 is 2.28 bits per heavy atom. The number of halogens is 3. The number of nitrogens with two attached hydrogens (primary N) is 1. The van der Waals surface area contributed by atoms with Crippen molar-refractivity contribution in [1.82, 2.24) is 4.98 Å². The van der Waals surface area contributed by atoms with Gasteiger partial charge in [-0.25, -0.2) is 13.8 Å². The van der Waals surface area contributed by atoms with Gasteiger partial charge in [-0.1, -0.05) is 0 Å². The number of ether oxygens (including phenoxy) is 1. The summed E-state index contributed by atoms with van der Waals surface area (Å²) in [6.07, 6.45) is -2.95. The normalized spacial score (nSPS) is 10.8. The van der Waals surface area contributed by atoms with Crippen LogP contribution in [-0.4, -0.2) is 17.6 Å². The lowest BCUT2D eigenvalue weighted by atomic mass is 10.0. The fraction of sp³-hybridized carbons (Fsp3) is 0.455. The van der Waals surface area contributed by atoms with E-state index in [-0.39, 0.29) is 41.0 Å². The first-order chi connectivity index (χ1) is 8.49. The summed E-state index contributed by atoms with van der Waals surface area (Å²) < 4.78 is 30.9. The molecule has 1 aromatic heterocycles. The highest BCUT2D eigenvalue weighted by Crippen LogP contribution is 2.28. The number of hydrogen-bond donors (Lipinski definition) is 1. The van der Waals surface area contributed by atoms with Crippen LogP contribution < -0.4 is 5.73 Å². The summed E-state index contributed by atoms with van der Waals surface area (Å²) in [5.74, 6) is -0.571. The zero-order chi connectivity index (χ0) is 13.7. The van der Waals surface area contributed by atoms with E-state index in [0.717, 1.165) is 0 Å². The number of aromatic nitrogens is 1. The first kappa shape index (κ1) is 15.0. The molecular formula is C11H13BrF2N2O2. The molecule has 0 spiro atoms. The maximum atomic E-state index is 12.9. The van der Waals surface area contributed by atoms with Crippen LogP contribution in [0.2, 0.25) is 0 Å². The average Bonchev–Trinajstić information content (AvgIpc) is 2.30. The Labute approximate surface area is 112 Å². The van der Waals surface area contributed by atoms with E-state index in [0.29, 0.717) is 0 Å². The molecule has 1 rings (SSSR count). The molecule has 100 valence electrons. The average molecular weight is 323 g/mol. The minimum absolute atomic E-state index is 0.0199. The summed E-state index contributed by atoms with van der Waals surface area (Å²) in [6, 6.07) is 1.19. The molecule has 0 aliphatic rings. The van der Waals surface area contributed by atoms with Crippen LogP contribution >= 0.6 is 15.9 Å². The molecule has 4 nitrogen and oxygen atoms in total. The highest BCUT2D eigenvalue weighted by molar-refractivity contribution is 9.10. The summed E-state index contributed by atoms with van der Waals surface area (Å²) in [6.45, 7) is 1.83. The third kappa shape index (κ3) is 3.71. The van der Waals surface area contributed by atoms with Gasteiger partial charge in [0.2, 0.25) is 0 Å². The molecule has 0 bridgehead atoms. The number of alkyl halides is 2. The van der Waals surface area contributed by atoms with Crippen molar-refractivity contribution < 1.29 is 18.3 Å². The van der Waals surface area contributed by atoms with Crippen molar-refractivity contribution in [1.29, 1.82) is 0 Å². The van der Waals surface area contributed by atoms with E-state index in [1.165, 1.54) is 6.07 Å². The summed E-state index contributed by atoms with van der Waals surface area (Å²) >= 11 is 3.04. The van der Waals surface area contributed by atoms with Gasteiger partial charge in [0.25, 0.3) is 6.43 Å². The molecule has 7 heteroatoms. The van der Waals surface area contributed by atoms with Crippen LogP contribution in [0.25, 0.3) is 0 Å². The van der Waals surface area contributed by atoms with Crippen LogP contribution in [0, 0.1) is 0 Å². The largest absolute Gasteiger partial charge is 0.466 e. The molecule has 0 unspecified atom stereocenters. The number of pyridine rings is 1. The molecule has 0 aromatic carbocycles. The molecule has 1 aromatic rings. The Morgan fingerprint density at radius 3 is 2.78 bits per heavy atom.